The van der Waals surface area contributed by atoms with Crippen molar-refractivity contribution in [3.63, 3.8) is 0 Å². The summed E-state index contributed by atoms with van der Waals surface area (Å²) in [4.78, 5) is 0. The fourth-order valence-corrected chi connectivity index (χ4v) is 1.23. The Morgan fingerprint density at radius 3 is 2.50 bits per heavy atom. The summed E-state index contributed by atoms with van der Waals surface area (Å²) in [5, 5.41) is 2.74. The van der Waals surface area contributed by atoms with Gasteiger partial charge in [-0.05, 0) is 0 Å². The van der Waals surface area contributed by atoms with Gasteiger partial charge in [0.15, 0.2) is 0 Å². The molecule has 1 saturated heterocycles. The molecule has 0 atom stereocenters. The van der Waals surface area contributed by atoms with Crippen molar-refractivity contribution < 1.29 is 12.6 Å². The van der Waals surface area contributed by atoms with Gasteiger partial charge in [0.1, 0.15) is 6.73 Å². The summed E-state index contributed by atoms with van der Waals surface area (Å²) in [6, 6.07) is 0. The van der Waals surface area contributed by atoms with Crippen molar-refractivity contribution in [2.75, 3.05) is 19.0 Å². The van der Waals surface area contributed by atoms with Crippen LogP contribution in [0.5, 0.6) is 0 Å². The van der Waals surface area contributed by atoms with Crippen molar-refractivity contribution >= 4 is 10.1 Å². The Kier molecular flexibility index (Phi) is 1.50. The third-order valence-electron chi connectivity index (χ3n) is 0.869. The van der Waals surface area contributed by atoms with Crippen molar-refractivity contribution in [2.45, 2.75) is 0 Å². The van der Waals surface area contributed by atoms with Crippen LogP contribution < -0.4 is 5.32 Å². The van der Waals surface area contributed by atoms with E-state index in [2.05, 4.69) is 9.50 Å². The van der Waals surface area contributed by atoms with Gasteiger partial charge in [-0.1, -0.05) is 0 Å². The highest BCUT2D eigenvalue weighted by molar-refractivity contribution is 7.86. The Morgan fingerprint density at radius 2 is 2.25 bits per heavy atom. The summed E-state index contributed by atoms with van der Waals surface area (Å²) in [6.45, 7) is 0.630. The zero-order chi connectivity index (χ0) is 6.04. The molecule has 0 radical (unpaired) electrons. The van der Waals surface area contributed by atoms with E-state index in [0.717, 1.165) is 0 Å². The van der Waals surface area contributed by atoms with Gasteiger partial charge in [0, 0.05) is 6.54 Å². The van der Waals surface area contributed by atoms with Gasteiger partial charge >= 0.3 is 0 Å². The van der Waals surface area contributed by atoms with Crippen LogP contribution in [0.25, 0.3) is 0 Å². The molecule has 0 saturated carbocycles. The normalized spacial score (nSPS) is 27.5. The van der Waals surface area contributed by atoms with Gasteiger partial charge in [0.05, 0.1) is 5.75 Å². The van der Waals surface area contributed by atoms with Crippen LogP contribution in [0.2, 0.25) is 0 Å². The third kappa shape index (κ3) is 1.43. The third-order valence-corrected chi connectivity index (χ3v) is 2.05. The fraction of sp³-hybridized carbons (Fsp3) is 1.00. The molecule has 0 aliphatic carbocycles. The molecule has 1 N–H and O–H groups in total. The maximum atomic E-state index is 10.4. The Labute approximate surface area is 48.0 Å². The standard InChI is InChI=1S/C3H7NO3S/c5-8(6)2-1-4-3-7-8/h4H,1-3H2. The molecule has 4 nitrogen and oxygen atoms in total. The molecule has 1 rings (SSSR count). The molecule has 1 heterocycles. The van der Waals surface area contributed by atoms with Crippen molar-refractivity contribution in [3.05, 3.63) is 0 Å². The van der Waals surface area contributed by atoms with Crippen LogP contribution in [-0.4, -0.2) is 27.4 Å². The van der Waals surface area contributed by atoms with Crippen molar-refractivity contribution in [3.8, 4) is 0 Å². The lowest BCUT2D eigenvalue weighted by Crippen LogP contribution is -2.33. The van der Waals surface area contributed by atoms with Crippen LogP contribution >= 0.6 is 0 Å². The van der Waals surface area contributed by atoms with Crippen molar-refractivity contribution in [1.29, 1.82) is 0 Å². The Hall–Kier alpha value is -0.130. The number of rotatable bonds is 0. The summed E-state index contributed by atoms with van der Waals surface area (Å²) < 4.78 is 25.1. The number of hydrogen-bond donors (Lipinski definition) is 1. The van der Waals surface area contributed by atoms with Crippen molar-refractivity contribution in [1.82, 2.24) is 5.32 Å². The lowest BCUT2D eigenvalue weighted by Gasteiger charge is -2.11. The van der Waals surface area contributed by atoms with Crippen LogP contribution in [-0.2, 0) is 14.3 Å². The molecule has 0 aromatic carbocycles. The van der Waals surface area contributed by atoms with Gasteiger partial charge in [-0.15, -0.1) is 0 Å². The Balaban J connectivity index is 2.58. The predicted molar refractivity (Wildman–Crippen MR) is 27.7 cm³/mol. The fourth-order valence-electron chi connectivity index (χ4n) is 0.460. The van der Waals surface area contributed by atoms with Gasteiger partial charge in [0.2, 0.25) is 0 Å². The quantitative estimate of drug-likeness (QED) is 0.430. The molecule has 8 heavy (non-hydrogen) atoms. The second-order valence-corrected chi connectivity index (χ2v) is 3.28. The SMILES string of the molecule is O=S1(=O)CCNCO1. The lowest BCUT2D eigenvalue weighted by atomic mass is 10.8. The van der Waals surface area contributed by atoms with E-state index in [-0.39, 0.29) is 12.5 Å². The van der Waals surface area contributed by atoms with Gasteiger partial charge in [0.25, 0.3) is 10.1 Å². The summed E-state index contributed by atoms with van der Waals surface area (Å²) in [6.07, 6.45) is 0. The van der Waals surface area contributed by atoms with Gasteiger partial charge in [-0.2, -0.15) is 8.42 Å². The molecule has 1 aliphatic rings. The molecule has 5 heteroatoms. The molecular formula is C3H7NO3S. The molecule has 0 unspecified atom stereocenters. The minimum atomic E-state index is -3.15. The molecule has 0 spiro atoms. The highest BCUT2D eigenvalue weighted by atomic mass is 32.2. The molecule has 1 aliphatic heterocycles. The van der Waals surface area contributed by atoms with E-state index in [1.165, 1.54) is 0 Å². The van der Waals surface area contributed by atoms with Gasteiger partial charge < -0.3 is 0 Å². The van der Waals surface area contributed by atoms with Crippen LogP contribution in [0.1, 0.15) is 0 Å². The zero-order valence-corrected chi connectivity index (χ0v) is 5.07. The van der Waals surface area contributed by atoms with E-state index in [1.807, 2.05) is 0 Å². The first-order valence-electron chi connectivity index (χ1n) is 2.28. The molecule has 0 aromatic rings. The van der Waals surface area contributed by atoms with Crippen LogP contribution in [0.15, 0.2) is 0 Å². The molecule has 48 valence electrons. The summed E-state index contributed by atoms with van der Waals surface area (Å²) in [5.41, 5.74) is 0. The Bertz CT molecular complexity index is 149. The minimum Gasteiger partial charge on any atom is -0.292 e. The van der Waals surface area contributed by atoms with Crippen LogP contribution in [0.3, 0.4) is 0 Å². The van der Waals surface area contributed by atoms with E-state index < -0.39 is 10.1 Å². The summed E-state index contributed by atoms with van der Waals surface area (Å²) in [7, 11) is -3.15. The van der Waals surface area contributed by atoms with E-state index in [4.69, 9.17) is 0 Å². The minimum absolute atomic E-state index is 0.0903. The van der Waals surface area contributed by atoms with E-state index in [9.17, 15) is 8.42 Å². The zero-order valence-electron chi connectivity index (χ0n) is 4.25. The maximum absolute atomic E-state index is 10.4. The Morgan fingerprint density at radius 1 is 1.50 bits per heavy atom. The van der Waals surface area contributed by atoms with E-state index >= 15 is 0 Å². The number of hydrogen-bond acceptors (Lipinski definition) is 4. The topological polar surface area (TPSA) is 55.4 Å². The average molecular weight is 137 g/mol. The maximum Gasteiger partial charge on any atom is 0.269 e. The van der Waals surface area contributed by atoms with Gasteiger partial charge in [-0.3, -0.25) is 9.50 Å². The van der Waals surface area contributed by atoms with Gasteiger partial charge in [-0.25, -0.2) is 0 Å². The first-order valence-corrected chi connectivity index (χ1v) is 3.86. The molecule has 1 fully saturated rings. The molecular weight excluding hydrogens is 130 g/mol. The summed E-state index contributed by atoms with van der Waals surface area (Å²) >= 11 is 0. The van der Waals surface area contributed by atoms with Crippen LogP contribution in [0, 0.1) is 0 Å². The largest absolute Gasteiger partial charge is 0.292 e. The number of nitrogens with one attached hydrogen (secondary N) is 1. The monoisotopic (exact) mass is 137 g/mol. The highest BCUT2D eigenvalue weighted by Gasteiger charge is 2.14. The molecule has 0 aromatic heterocycles. The second-order valence-electron chi connectivity index (χ2n) is 1.52. The first kappa shape index (κ1) is 6.00. The second kappa shape index (κ2) is 2.00. The predicted octanol–water partition coefficient (Wildman–Crippen LogP) is -1.11. The molecule has 0 amide bonds. The average Bonchev–Trinajstić information content (AvgIpc) is 1.65. The van der Waals surface area contributed by atoms with E-state index in [1.54, 1.807) is 0 Å². The molecule has 0 bridgehead atoms. The smallest absolute Gasteiger partial charge is 0.269 e. The summed E-state index contributed by atoms with van der Waals surface area (Å²) in [5.74, 6) is 0.0903. The van der Waals surface area contributed by atoms with Crippen LogP contribution in [0.4, 0.5) is 0 Å². The first-order chi connectivity index (χ1) is 3.71. The van der Waals surface area contributed by atoms with Crippen molar-refractivity contribution in [2.24, 2.45) is 0 Å². The van der Waals surface area contributed by atoms with E-state index in [0.29, 0.717) is 6.54 Å². The lowest BCUT2D eigenvalue weighted by molar-refractivity contribution is 0.272. The highest BCUT2D eigenvalue weighted by Crippen LogP contribution is 1.94.